The van der Waals surface area contributed by atoms with Gasteiger partial charge in [-0.1, -0.05) is 6.58 Å². The van der Waals surface area contributed by atoms with Gasteiger partial charge in [-0.2, -0.15) is 0 Å². The van der Waals surface area contributed by atoms with Crippen LogP contribution >= 0.6 is 0 Å². The fourth-order valence-corrected chi connectivity index (χ4v) is 1.86. The second-order valence-corrected chi connectivity index (χ2v) is 4.20. The van der Waals surface area contributed by atoms with E-state index < -0.39 is 29.7 Å². The third-order valence-corrected chi connectivity index (χ3v) is 2.95. The highest BCUT2D eigenvalue weighted by Crippen LogP contribution is 2.31. The van der Waals surface area contributed by atoms with Crippen LogP contribution in [0, 0.1) is 6.92 Å². The van der Waals surface area contributed by atoms with Crippen LogP contribution in [0.2, 0.25) is 0 Å². The maximum absolute atomic E-state index is 11.7. The number of ether oxygens (including phenoxy) is 1. The number of nitrogens with one attached hydrogen (secondary N) is 1. The van der Waals surface area contributed by atoms with Crippen LogP contribution in [0.15, 0.2) is 27.9 Å². The number of H-pyrrole nitrogens is 1. The first-order chi connectivity index (χ1) is 8.45. The molecule has 1 saturated heterocycles. The van der Waals surface area contributed by atoms with E-state index in [4.69, 9.17) is 9.84 Å². The zero-order valence-corrected chi connectivity index (χ0v) is 9.79. The van der Waals surface area contributed by atoms with Gasteiger partial charge in [-0.25, -0.2) is 4.79 Å². The molecule has 1 aromatic heterocycles. The van der Waals surface area contributed by atoms with E-state index in [0.717, 1.165) is 4.57 Å². The first-order valence-corrected chi connectivity index (χ1v) is 5.41. The number of nitrogens with zero attached hydrogens (tertiary/aromatic N) is 1. The molecule has 1 aliphatic rings. The highest BCUT2D eigenvalue weighted by Gasteiger charge is 2.38. The van der Waals surface area contributed by atoms with E-state index >= 15 is 0 Å². The van der Waals surface area contributed by atoms with Crippen molar-refractivity contribution in [1.82, 2.24) is 9.55 Å². The van der Waals surface area contributed by atoms with E-state index in [1.54, 1.807) is 0 Å². The Balaban J connectivity index is 2.45. The summed E-state index contributed by atoms with van der Waals surface area (Å²) in [6.07, 6.45) is -1.51. The maximum Gasteiger partial charge on any atom is 0.330 e. The molecule has 1 unspecified atom stereocenters. The van der Waals surface area contributed by atoms with Crippen LogP contribution in [0.5, 0.6) is 0 Å². The summed E-state index contributed by atoms with van der Waals surface area (Å²) in [5, 5.41) is 19.0. The standard InChI is InChI=1S/C11H14N2O5/c1-5-3-13(11(17)12-9(5)16)10-8(15)6(2)7(4-14)18-10/h3,7-8,10,14-15H,2,4H2,1H3,(H,12,16,17)/t7-,8+,10?/m0/s1. The number of aliphatic hydroxyl groups is 2. The minimum Gasteiger partial charge on any atom is -0.393 e. The highest BCUT2D eigenvalue weighted by atomic mass is 16.5. The number of aliphatic hydroxyl groups excluding tert-OH is 2. The van der Waals surface area contributed by atoms with Gasteiger partial charge < -0.3 is 14.9 Å². The van der Waals surface area contributed by atoms with Gasteiger partial charge in [-0.15, -0.1) is 0 Å². The number of aromatic nitrogens is 2. The highest BCUT2D eigenvalue weighted by molar-refractivity contribution is 5.16. The van der Waals surface area contributed by atoms with E-state index in [1.165, 1.54) is 13.1 Å². The van der Waals surface area contributed by atoms with Crippen LogP contribution in [-0.4, -0.2) is 38.6 Å². The van der Waals surface area contributed by atoms with Gasteiger partial charge in [0.1, 0.15) is 12.2 Å². The Morgan fingerprint density at radius 3 is 2.78 bits per heavy atom. The first kappa shape index (κ1) is 12.7. The van der Waals surface area contributed by atoms with Crippen molar-refractivity contribution in [3.63, 3.8) is 0 Å². The fourth-order valence-electron chi connectivity index (χ4n) is 1.86. The van der Waals surface area contributed by atoms with E-state index in [0.29, 0.717) is 11.1 Å². The van der Waals surface area contributed by atoms with Crippen LogP contribution in [-0.2, 0) is 4.74 Å². The number of rotatable bonds is 2. The average Bonchev–Trinajstić information content (AvgIpc) is 2.61. The van der Waals surface area contributed by atoms with Gasteiger partial charge in [0, 0.05) is 11.8 Å². The Labute approximate surface area is 102 Å². The van der Waals surface area contributed by atoms with Crippen LogP contribution in [0.1, 0.15) is 11.8 Å². The predicted molar refractivity (Wildman–Crippen MR) is 62.2 cm³/mol. The third kappa shape index (κ3) is 1.92. The lowest BCUT2D eigenvalue weighted by molar-refractivity contribution is -0.0528. The minimum absolute atomic E-state index is 0.304. The van der Waals surface area contributed by atoms with Crippen LogP contribution < -0.4 is 11.2 Å². The molecule has 1 aliphatic heterocycles. The first-order valence-electron chi connectivity index (χ1n) is 5.41. The molecule has 7 heteroatoms. The smallest absolute Gasteiger partial charge is 0.330 e. The Kier molecular flexibility index (Phi) is 3.20. The number of hydrogen-bond acceptors (Lipinski definition) is 5. The summed E-state index contributed by atoms with van der Waals surface area (Å²) in [6, 6.07) is 0. The van der Waals surface area contributed by atoms with Crippen molar-refractivity contribution in [1.29, 1.82) is 0 Å². The topological polar surface area (TPSA) is 105 Å². The zero-order chi connectivity index (χ0) is 13.4. The molecule has 1 aromatic rings. The van der Waals surface area contributed by atoms with Gasteiger partial charge in [-0.3, -0.25) is 14.3 Å². The second kappa shape index (κ2) is 4.52. The quantitative estimate of drug-likeness (QED) is 0.566. The van der Waals surface area contributed by atoms with Crippen molar-refractivity contribution < 1.29 is 14.9 Å². The lowest BCUT2D eigenvalue weighted by Crippen LogP contribution is -2.36. The third-order valence-electron chi connectivity index (χ3n) is 2.95. The lowest BCUT2D eigenvalue weighted by atomic mass is 10.1. The summed E-state index contributed by atoms with van der Waals surface area (Å²) >= 11 is 0. The zero-order valence-electron chi connectivity index (χ0n) is 9.79. The fraction of sp³-hybridized carbons (Fsp3) is 0.455. The van der Waals surface area contributed by atoms with Crippen LogP contribution in [0.3, 0.4) is 0 Å². The van der Waals surface area contributed by atoms with E-state index in [-0.39, 0.29) is 6.61 Å². The Morgan fingerprint density at radius 1 is 1.56 bits per heavy atom. The molecule has 0 saturated carbocycles. The summed E-state index contributed by atoms with van der Waals surface area (Å²) in [6.45, 7) is 4.82. The molecule has 98 valence electrons. The molecule has 0 bridgehead atoms. The largest absolute Gasteiger partial charge is 0.393 e. The van der Waals surface area contributed by atoms with E-state index in [2.05, 4.69) is 11.6 Å². The van der Waals surface area contributed by atoms with Crippen molar-refractivity contribution in [2.24, 2.45) is 0 Å². The number of aromatic amines is 1. The van der Waals surface area contributed by atoms with Crippen molar-refractivity contribution in [3.8, 4) is 0 Å². The normalized spacial score (nSPS) is 27.7. The average molecular weight is 254 g/mol. The van der Waals surface area contributed by atoms with Gasteiger partial charge in [0.2, 0.25) is 0 Å². The van der Waals surface area contributed by atoms with Crippen molar-refractivity contribution >= 4 is 0 Å². The summed E-state index contributed by atoms with van der Waals surface area (Å²) in [5.41, 5.74) is -0.538. The minimum atomic E-state index is -1.11. The summed E-state index contributed by atoms with van der Waals surface area (Å²) in [5.74, 6) is 0. The molecular weight excluding hydrogens is 240 g/mol. The summed E-state index contributed by atoms with van der Waals surface area (Å²) in [7, 11) is 0. The summed E-state index contributed by atoms with van der Waals surface area (Å²) < 4.78 is 6.42. The molecule has 2 rings (SSSR count). The molecule has 1 fully saturated rings. The molecule has 2 heterocycles. The van der Waals surface area contributed by atoms with Crippen LogP contribution in [0.25, 0.3) is 0 Å². The molecule has 0 radical (unpaired) electrons. The maximum atomic E-state index is 11.7. The van der Waals surface area contributed by atoms with Gasteiger partial charge in [0.05, 0.1) is 6.61 Å². The molecule has 0 aliphatic carbocycles. The molecule has 0 amide bonds. The molecular formula is C11H14N2O5. The summed E-state index contributed by atoms with van der Waals surface area (Å²) in [4.78, 5) is 25.0. The van der Waals surface area contributed by atoms with Gasteiger partial charge in [0.25, 0.3) is 5.56 Å². The SMILES string of the molecule is C=C1[C@H](CO)OC(n2cc(C)c(=O)[nH]c2=O)[C@@H]1O. The van der Waals surface area contributed by atoms with E-state index in [1.807, 2.05) is 0 Å². The Hall–Kier alpha value is -1.70. The van der Waals surface area contributed by atoms with Crippen molar-refractivity contribution in [2.75, 3.05) is 6.61 Å². The molecule has 7 nitrogen and oxygen atoms in total. The number of aryl methyl sites for hydroxylation is 1. The van der Waals surface area contributed by atoms with Gasteiger partial charge >= 0.3 is 5.69 Å². The van der Waals surface area contributed by atoms with E-state index in [9.17, 15) is 14.7 Å². The molecule has 3 N–H and O–H groups in total. The molecule has 0 spiro atoms. The van der Waals surface area contributed by atoms with Gasteiger partial charge in [0.15, 0.2) is 6.23 Å². The lowest BCUT2D eigenvalue weighted by Gasteiger charge is -2.16. The van der Waals surface area contributed by atoms with Gasteiger partial charge in [-0.05, 0) is 12.5 Å². The second-order valence-electron chi connectivity index (χ2n) is 4.20. The Morgan fingerprint density at radius 2 is 2.22 bits per heavy atom. The monoisotopic (exact) mass is 254 g/mol. The molecule has 18 heavy (non-hydrogen) atoms. The number of hydrogen-bond donors (Lipinski definition) is 3. The van der Waals surface area contributed by atoms with Crippen LogP contribution in [0.4, 0.5) is 0 Å². The molecule has 0 aromatic carbocycles. The predicted octanol–water partition coefficient (Wildman–Crippen LogP) is -1.35. The Bertz CT molecular complexity index is 588. The molecule has 3 atom stereocenters. The van der Waals surface area contributed by atoms with Crippen molar-refractivity contribution in [3.05, 3.63) is 44.8 Å². The van der Waals surface area contributed by atoms with Crippen molar-refractivity contribution in [2.45, 2.75) is 25.4 Å².